The Balaban J connectivity index is -0.00000000450. The first-order valence-electron chi connectivity index (χ1n) is 0.651. The summed E-state index contributed by atoms with van der Waals surface area (Å²) in [6.45, 7) is 0. The Bertz CT molecular complexity index is 46.8. The number of carbonyl (C=O) groups is 1. The molecular formula is CH3CoMnNaNiO3. The van der Waals surface area contributed by atoms with E-state index in [-0.39, 0.29) is 81.3 Å². The fraction of sp³-hybridized carbons (Fsp3) is 0. The summed E-state index contributed by atoms with van der Waals surface area (Å²) >= 11 is 0. The van der Waals surface area contributed by atoms with Gasteiger partial charge in [0.1, 0.15) is 0 Å². The molecule has 0 rings (SSSR count). The second kappa shape index (κ2) is 23.2. The molecule has 0 aromatic rings. The van der Waals surface area contributed by atoms with Crippen molar-refractivity contribution < 1.29 is 96.3 Å². The van der Waals surface area contributed by atoms with E-state index in [9.17, 15) is 0 Å². The molecule has 0 aliphatic rings. The van der Waals surface area contributed by atoms with Crippen molar-refractivity contribution in [3.05, 3.63) is 0 Å². The Morgan fingerprint density at radius 2 is 1.38 bits per heavy atom. The van der Waals surface area contributed by atoms with Crippen LogP contribution < -0.4 is 29.6 Å². The average molecular weight is 259 g/mol. The van der Waals surface area contributed by atoms with Gasteiger partial charge in [0, 0.05) is 50.3 Å². The Hall–Kier alpha value is 1.79. The molecule has 8 heavy (non-hydrogen) atoms. The summed E-state index contributed by atoms with van der Waals surface area (Å²) in [6, 6.07) is 0. The van der Waals surface area contributed by atoms with E-state index in [1.807, 2.05) is 0 Å². The summed E-state index contributed by atoms with van der Waals surface area (Å²) in [7, 11) is 0. The van der Waals surface area contributed by atoms with Gasteiger partial charge in [-0.2, -0.15) is 0 Å². The fourth-order valence-electron chi connectivity index (χ4n) is 0. The minimum Gasteiger partial charge on any atom is -1.00 e. The van der Waals surface area contributed by atoms with Gasteiger partial charge in [0.15, 0.2) is 0 Å². The maximum absolute atomic E-state index is 8.56. The summed E-state index contributed by atoms with van der Waals surface area (Å²) in [5, 5.41) is 13.9. The molecule has 0 amide bonds. The van der Waals surface area contributed by atoms with Gasteiger partial charge in [0.25, 0.3) is 0 Å². The van der Waals surface area contributed by atoms with Crippen LogP contribution in [-0.2, 0) is 50.3 Å². The van der Waals surface area contributed by atoms with E-state index in [4.69, 9.17) is 15.0 Å². The first kappa shape index (κ1) is 33.0. The predicted molar refractivity (Wildman–Crippen MR) is 11.8 cm³/mol. The molecule has 0 aromatic heterocycles. The minimum atomic E-state index is -1.83. The van der Waals surface area contributed by atoms with Gasteiger partial charge < -0.3 is 11.6 Å². The van der Waals surface area contributed by atoms with E-state index >= 15 is 0 Å². The molecule has 52 valence electrons. The number of rotatable bonds is 0. The fourth-order valence-corrected chi connectivity index (χ4v) is 0. The van der Waals surface area contributed by atoms with E-state index in [0.717, 1.165) is 0 Å². The van der Waals surface area contributed by atoms with Crippen LogP contribution in [-0.4, -0.2) is 16.4 Å². The standard InChI is InChI=1S/CH2O3.Co.Mn.Na.Ni.H/c2-1(3)4;;;;;/h(H2,2,3,4);;;;;/q;;;+1;;-1. The minimum absolute atomic E-state index is 0. The molecular weight excluding hydrogens is 256 g/mol. The van der Waals surface area contributed by atoms with Crippen LogP contribution in [0, 0.1) is 0 Å². The van der Waals surface area contributed by atoms with E-state index in [2.05, 4.69) is 0 Å². The van der Waals surface area contributed by atoms with Crippen molar-refractivity contribution in [3.8, 4) is 0 Å². The van der Waals surface area contributed by atoms with Crippen molar-refractivity contribution in [2.45, 2.75) is 0 Å². The third-order valence-corrected chi connectivity index (χ3v) is 0. The smallest absolute Gasteiger partial charge is 1.00 e. The van der Waals surface area contributed by atoms with Gasteiger partial charge in [0.05, 0.1) is 0 Å². The summed E-state index contributed by atoms with van der Waals surface area (Å²) in [5.74, 6) is 0. The molecule has 0 atom stereocenters. The van der Waals surface area contributed by atoms with Gasteiger partial charge in [-0.15, -0.1) is 0 Å². The van der Waals surface area contributed by atoms with Gasteiger partial charge in [0.2, 0.25) is 0 Å². The van der Waals surface area contributed by atoms with Crippen molar-refractivity contribution in [3.63, 3.8) is 0 Å². The number of hydrogen-bond acceptors (Lipinski definition) is 1. The van der Waals surface area contributed by atoms with Gasteiger partial charge in [-0.25, -0.2) is 4.79 Å². The number of hydrogen-bond donors (Lipinski definition) is 2. The second-order valence-corrected chi connectivity index (χ2v) is 0.283. The molecule has 0 spiro atoms. The monoisotopic (exact) mass is 258 g/mol. The summed E-state index contributed by atoms with van der Waals surface area (Å²) in [5.41, 5.74) is 0. The molecule has 0 unspecified atom stereocenters. The first-order chi connectivity index (χ1) is 1.73. The Morgan fingerprint density at radius 1 is 1.38 bits per heavy atom. The molecule has 7 heteroatoms. The topological polar surface area (TPSA) is 57.5 Å². The normalized spacial score (nSPS) is 3.00. The van der Waals surface area contributed by atoms with E-state index in [1.54, 1.807) is 0 Å². The van der Waals surface area contributed by atoms with Gasteiger partial charge in [-0.1, -0.05) is 0 Å². The molecule has 0 saturated heterocycles. The third kappa shape index (κ3) is 112. The molecule has 0 aliphatic heterocycles. The molecule has 0 bridgehead atoms. The van der Waals surface area contributed by atoms with Crippen molar-refractivity contribution in [2.75, 3.05) is 0 Å². The Kier molecular flexibility index (Phi) is 95.8. The second-order valence-electron chi connectivity index (χ2n) is 0.283. The van der Waals surface area contributed by atoms with Crippen molar-refractivity contribution in [1.82, 2.24) is 0 Å². The van der Waals surface area contributed by atoms with Gasteiger partial charge in [-0.3, -0.25) is 0 Å². The average Bonchev–Trinajstić information content (AvgIpc) is 0.811. The predicted octanol–water partition coefficient (Wildman–Crippen LogP) is -2.67. The van der Waals surface area contributed by atoms with Crippen molar-refractivity contribution in [2.24, 2.45) is 0 Å². The molecule has 2 N–H and O–H groups in total. The molecule has 0 saturated carbocycles. The molecule has 0 aromatic carbocycles. The molecule has 0 heterocycles. The van der Waals surface area contributed by atoms with E-state index < -0.39 is 6.16 Å². The third-order valence-electron chi connectivity index (χ3n) is 0. The maximum atomic E-state index is 8.56. The van der Waals surface area contributed by atoms with Crippen LogP contribution in [0.1, 0.15) is 1.43 Å². The Labute approximate surface area is 101 Å². The zero-order valence-corrected chi connectivity index (χ0v) is 9.04. The zero-order valence-electron chi connectivity index (χ0n) is 4.83. The summed E-state index contributed by atoms with van der Waals surface area (Å²) in [4.78, 5) is 8.56. The quantitative estimate of drug-likeness (QED) is 0.466. The SMILES string of the molecule is O=C(O)O.[Co].[H-].[Mn].[Na+].[Ni]. The maximum Gasteiger partial charge on any atom is 1.00 e. The summed E-state index contributed by atoms with van der Waals surface area (Å²) < 4.78 is 0. The first-order valence-corrected chi connectivity index (χ1v) is 0.651. The van der Waals surface area contributed by atoms with Gasteiger partial charge in [-0.05, 0) is 0 Å². The largest absolute Gasteiger partial charge is 1.00 e. The molecule has 0 fully saturated rings. The summed E-state index contributed by atoms with van der Waals surface area (Å²) in [6.07, 6.45) is -1.83. The Morgan fingerprint density at radius 3 is 1.38 bits per heavy atom. The molecule has 0 aliphatic carbocycles. The van der Waals surface area contributed by atoms with Crippen LogP contribution in [0.4, 0.5) is 4.79 Å². The van der Waals surface area contributed by atoms with Crippen molar-refractivity contribution >= 4 is 6.16 Å². The van der Waals surface area contributed by atoms with Crippen LogP contribution in [0.3, 0.4) is 0 Å². The van der Waals surface area contributed by atoms with Crippen molar-refractivity contribution in [1.29, 1.82) is 0 Å². The zero-order chi connectivity index (χ0) is 3.58. The van der Waals surface area contributed by atoms with E-state index in [0.29, 0.717) is 0 Å². The van der Waals surface area contributed by atoms with Gasteiger partial charge >= 0.3 is 35.7 Å². The van der Waals surface area contributed by atoms with Crippen LogP contribution >= 0.6 is 0 Å². The number of carboxylic acid groups (broad SMARTS) is 2. The van der Waals surface area contributed by atoms with E-state index in [1.165, 1.54) is 0 Å². The van der Waals surface area contributed by atoms with Crippen LogP contribution in [0.5, 0.6) is 0 Å². The molecule has 3 nitrogen and oxygen atoms in total. The van der Waals surface area contributed by atoms with Crippen LogP contribution in [0.15, 0.2) is 0 Å². The van der Waals surface area contributed by atoms with Crippen LogP contribution in [0.2, 0.25) is 0 Å². The molecule has 2 radical (unpaired) electrons. The van der Waals surface area contributed by atoms with Crippen LogP contribution in [0.25, 0.3) is 0 Å².